The van der Waals surface area contributed by atoms with Crippen molar-refractivity contribution in [2.24, 2.45) is 17.4 Å². The predicted octanol–water partition coefficient (Wildman–Crippen LogP) is -0.795. The Hall–Kier alpha value is -3.45. The quantitative estimate of drug-likeness (QED) is 0.190. The molecule has 0 aliphatic heterocycles. The van der Waals surface area contributed by atoms with Crippen LogP contribution in [0.5, 0.6) is 0 Å². The van der Waals surface area contributed by atoms with Gasteiger partial charge < -0.3 is 37.1 Å². The molecule has 1 aromatic carbocycles. The minimum Gasteiger partial charge on any atom is -0.368 e. The fraction of sp³-hybridized carbons (Fsp3) is 0.458. The van der Waals surface area contributed by atoms with Gasteiger partial charge in [-0.1, -0.05) is 44.2 Å². The van der Waals surface area contributed by atoms with Gasteiger partial charge in [-0.05, 0) is 24.8 Å². The Labute approximate surface area is 209 Å². The highest BCUT2D eigenvalue weighted by Crippen LogP contribution is 2.20. The smallest absolute Gasteiger partial charge is 0.299 e. The number of nitrogens with zero attached hydrogens (tertiary/aromatic N) is 2. The van der Waals surface area contributed by atoms with E-state index in [1.54, 1.807) is 24.3 Å². The lowest BCUT2D eigenvalue weighted by molar-refractivity contribution is -0.366. The minimum atomic E-state index is -2.89. The standard InChI is InChI=1S/C24H34N6O6/c1-14(2)11-19(24(34,35)36-15(3)20(25)21(26)31)30-22(32)17(12-16-7-5-4-6-8-16)29-23(33)18-13-27-9-10-28-18/h4-10,13-15,17,19-20,34-35H,11-12,25H2,1-3H3,(H2,26,31)(H,29,33)(H,30,32)/t15-,17+,19+,20+/m1/s1. The fourth-order valence-electron chi connectivity index (χ4n) is 3.42. The average molecular weight is 503 g/mol. The lowest BCUT2D eigenvalue weighted by Crippen LogP contribution is -2.61. The number of benzene rings is 1. The molecule has 0 saturated carbocycles. The second-order valence-electron chi connectivity index (χ2n) is 8.91. The van der Waals surface area contributed by atoms with Crippen LogP contribution in [0.3, 0.4) is 0 Å². The third kappa shape index (κ3) is 8.64. The predicted molar refractivity (Wildman–Crippen MR) is 130 cm³/mol. The molecule has 36 heavy (non-hydrogen) atoms. The fourth-order valence-corrected chi connectivity index (χ4v) is 3.42. The molecule has 2 aromatic rings. The van der Waals surface area contributed by atoms with E-state index >= 15 is 0 Å². The number of carbonyl (C=O) groups excluding carboxylic acids is 3. The lowest BCUT2D eigenvalue weighted by atomic mass is 9.99. The highest BCUT2D eigenvalue weighted by atomic mass is 16.8. The second kappa shape index (κ2) is 13.0. The van der Waals surface area contributed by atoms with Crippen LogP contribution in [0.2, 0.25) is 0 Å². The Morgan fingerprint density at radius 2 is 1.75 bits per heavy atom. The van der Waals surface area contributed by atoms with E-state index in [0.29, 0.717) is 0 Å². The summed E-state index contributed by atoms with van der Waals surface area (Å²) in [6, 6.07) is 5.24. The first-order valence-corrected chi connectivity index (χ1v) is 11.5. The van der Waals surface area contributed by atoms with Crippen LogP contribution in [-0.4, -0.2) is 68.1 Å². The van der Waals surface area contributed by atoms with Crippen molar-refractivity contribution < 1.29 is 29.3 Å². The summed E-state index contributed by atoms with van der Waals surface area (Å²) >= 11 is 0. The van der Waals surface area contributed by atoms with E-state index in [2.05, 4.69) is 20.6 Å². The van der Waals surface area contributed by atoms with Crippen LogP contribution >= 0.6 is 0 Å². The van der Waals surface area contributed by atoms with Crippen molar-refractivity contribution in [2.45, 2.75) is 63.8 Å². The summed E-state index contributed by atoms with van der Waals surface area (Å²) in [5, 5.41) is 26.6. The second-order valence-corrected chi connectivity index (χ2v) is 8.91. The zero-order valence-electron chi connectivity index (χ0n) is 20.5. The zero-order chi connectivity index (χ0) is 26.9. The molecule has 1 aromatic heterocycles. The summed E-state index contributed by atoms with van der Waals surface area (Å²) in [6.45, 7) is 4.97. The number of nitrogens with two attached hydrogens (primary N) is 2. The van der Waals surface area contributed by atoms with Gasteiger partial charge >= 0.3 is 0 Å². The number of hydrogen-bond donors (Lipinski definition) is 6. The highest BCUT2D eigenvalue weighted by Gasteiger charge is 2.41. The molecule has 1 heterocycles. The van der Waals surface area contributed by atoms with Gasteiger partial charge in [-0.15, -0.1) is 0 Å². The molecule has 0 saturated heterocycles. The maximum Gasteiger partial charge on any atom is 0.299 e. The topological polar surface area (TPSA) is 203 Å². The maximum absolute atomic E-state index is 13.3. The number of hydrogen-bond acceptors (Lipinski definition) is 9. The van der Waals surface area contributed by atoms with E-state index in [1.807, 2.05) is 19.9 Å². The molecule has 0 fully saturated rings. The molecule has 4 atom stereocenters. The van der Waals surface area contributed by atoms with Crippen molar-refractivity contribution in [3.63, 3.8) is 0 Å². The van der Waals surface area contributed by atoms with Crippen LogP contribution in [-0.2, 0) is 20.7 Å². The number of primary amides is 1. The monoisotopic (exact) mass is 502 g/mol. The van der Waals surface area contributed by atoms with Gasteiger partial charge in [0.2, 0.25) is 11.8 Å². The van der Waals surface area contributed by atoms with Gasteiger partial charge in [0.1, 0.15) is 23.8 Å². The first kappa shape index (κ1) is 28.8. The molecule has 8 N–H and O–H groups in total. The van der Waals surface area contributed by atoms with E-state index in [4.69, 9.17) is 16.2 Å². The molecule has 0 aliphatic carbocycles. The van der Waals surface area contributed by atoms with Gasteiger partial charge in [0, 0.05) is 18.8 Å². The van der Waals surface area contributed by atoms with E-state index in [1.165, 1.54) is 25.5 Å². The summed E-state index contributed by atoms with van der Waals surface area (Å²) in [5.41, 5.74) is 11.6. The van der Waals surface area contributed by atoms with Crippen molar-refractivity contribution in [1.29, 1.82) is 0 Å². The van der Waals surface area contributed by atoms with Crippen LogP contribution in [0.4, 0.5) is 0 Å². The Bertz CT molecular complexity index is 1000. The molecule has 0 radical (unpaired) electrons. The lowest BCUT2D eigenvalue weighted by Gasteiger charge is -2.36. The highest BCUT2D eigenvalue weighted by molar-refractivity contribution is 5.96. The summed E-state index contributed by atoms with van der Waals surface area (Å²) < 4.78 is 5.24. The van der Waals surface area contributed by atoms with Gasteiger partial charge in [0.15, 0.2) is 0 Å². The van der Waals surface area contributed by atoms with Gasteiger partial charge in [-0.3, -0.25) is 19.4 Å². The molecule has 0 aliphatic rings. The van der Waals surface area contributed by atoms with Crippen molar-refractivity contribution in [1.82, 2.24) is 20.6 Å². The molecule has 0 bridgehead atoms. The zero-order valence-corrected chi connectivity index (χ0v) is 20.5. The molecule has 12 nitrogen and oxygen atoms in total. The summed E-state index contributed by atoms with van der Waals surface area (Å²) in [5.74, 6) is -5.20. The number of ether oxygens (including phenoxy) is 1. The first-order chi connectivity index (χ1) is 16.9. The molecule has 0 spiro atoms. The molecule has 12 heteroatoms. The molecule has 2 rings (SSSR count). The maximum atomic E-state index is 13.3. The largest absolute Gasteiger partial charge is 0.368 e. The molecule has 3 amide bonds. The van der Waals surface area contributed by atoms with Crippen molar-refractivity contribution >= 4 is 17.7 Å². The van der Waals surface area contributed by atoms with E-state index < -0.39 is 47.9 Å². The van der Waals surface area contributed by atoms with Gasteiger partial charge in [0.25, 0.3) is 11.9 Å². The minimum absolute atomic E-state index is 0.0124. The molecule has 0 unspecified atom stereocenters. The number of nitrogens with one attached hydrogen (secondary N) is 2. The third-order valence-electron chi connectivity index (χ3n) is 5.37. The van der Waals surface area contributed by atoms with Crippen molar-refractivity contribution in [2.75, 3.05) is 0 Å². The van der Waals surface area contributed by atoms with Crippen molar-refractivity contribution in [3.05, 3.63) is 60.2 Å². The number of aliphatic hydroxyl groups is 2. The Morgan fingerprint density at radius 1 is 1.08 bits per heavy atom. The third-order valence-corrected chi connectivity index (χ3v) is 5.37. The Balaban J connectivity index is 2.27. The van der Waals surface area contributed by atoms with Crippen LogP contribution in [0, 0.1) is 5.92 Å². The number of aromatic nitrogens is 2. The van der Waals surface area contributed by atoms with Crippen LogP contribution < -0.4 is 22.1 Å². The van der Waals surface area contributed by atoms with E-state index in [0.717, 1.165) is 5.56 Å². The molecule has 196 valence electrons. The first-order valence-electron chi connectivity index (χ1n) is 11.5. The van der Waals surface area contributed by atoms with Gasteiger partial charge in [-0.25, -0.2) is 4.98 Å². The van der Waals surface area contributed by atoms with Gasteiger partial charge in [-0.2, -0.15) is 0 Å². The molecular weight excluding hydrogens is 468 g/mol. The van der Waals surface area contributed by atoms with Crippen LogP contribution in [0.25, 0.3) is 0 Å². The van der Waals surface area contributed by atoms with Crippen LogP contribution in [0.1, 0.15) is 43.2 Å². The Kier molecular flexibility index (Phi) is 10.4. The Morgan fingerprint density at radius 3 is 2.31 bits per heavy atom. The SMILES string of the molecule is CC(C)C[C@H](NC(=O)[C@H](Cc1ccccc1)NC(=O)c1cnccn1)C(O)(O)O[C@H](C)[C@H](N)C(N)=O. The van der Waals surface area contributed by atoms with E-state index in [-0.39, 0.29) is 24.5 Å². The average Bonchev–Trinajstić information content (AvgIpc) is 2.83. The number of amides is 3. The summed E-state index contributed by atoms with van der Waals surface area (Å²) in [7, 11) is 0. The number of rotatable bonds is 13. The summed E-state index contributed by atoms with van der Waals surface area (Å²) in [6.07, 6.45) is 3.06. The molecular formula is C24H34N6O6. The van der Waals surface area contributed by atoms with Crippen molar-refractivity contribution in [3.8, 4) is 0 Å². The summed E-state index contributed by atoms with van der Waals surface area (Å²) in [4.78, 5) is 45.2. The van der Waals surface area contributed by atoms with Gasteiger partial charge in [0.05, 0.1) is 12.3 Å². The number of carbonyl (C=O) groups is 3. The normalized spacial score (nSPS) is 15.0. The van der Waals surface area contributed by atoms with Crippen LogP contribution in [0.15, 0.2) is 48.9 Å². The van der Waals surface area contributed by atoms with E-state index in [9.17, 15) is 24.6 Å².